The van der Waals surface area contributed by atoms with E-state index < -0.39 is 10.0 Å². The highest BCUT2D eigenvalue weighted by Crippen LogP contribution is 2.20. The number of sulfonamides is 1. The van der Waals surface area contributed by atoms with Crippen LogP contribution in [0.5, 0.6) is 0 Å². The van der Waals surface area contributed by atoms with Crippen LogP contribution in [0.2, 0.25) is 0 Å². The number of piperazine rings is 1. The highest BCUT2D eigenvalue weighted by molar-refractivity contribution is 7.92. The SMILES string of the molecule is CN1CCN(c2ccc(NC(=O)Nc3ccc(NS(C)(=O)=O)cc3)cc2)CC1. The van der Waals surface area contributed by atoms with Gasteiger partial charge in [0.2, 0.25) is 10.0 Å². The first-order valence-corrected chi connectivity index (χ1v) is 10.9. The van der Waals surface area contributed by atoms with Gasteiger partial charge < -0.3 is 20.4 Å². The number of hydrogen-bond donors (Lipinski definition) is 3. The number of nitrogens with one attached hydrogen (secondary N) is 3. The number of benzene rings is 2. The third kappa shape index (κ3) is 5.86. The normalized spacial score (nSPS) is 15.1. The molecule has 0 aliphatic carbocycles. The van der Waals surface area contributed by atoms with Crippen LogP contribution in [0.25, 0.3) is 0 Å². The second-order valence-electron chi connectivity index (χ2n) is 6.87. The van der Waals surface area contributed by atoms with Crippen molar-refractivity contribution in [2.75, 3.05) is 59.7 Å². The molecule has 1 saturated heterocycles. The Kier molecular flexibility index (Phi) is 6.05. The van der Waals surface area contributed by atoms with Crippen molar-refractivity contribution in [3.63, 3.8) is 0 Å². The predicted octanol–water partition coefficient (Wildman–Crippen LogP) is 2.45. The summed E-state index contributed by atoms with van der Waals surface area (Å²) in [6, 6.07) is 13.8. The van der Waals surface area contributed by atoms with Gasteiger partial charge in [-0.3, -0.25) is 4.72 Å². The standard InChI is InChI=1S/C19H25N5O3S/c1-23-11-13-24(14-12-23)18-9-7-16(8-10-18)21-19(25)20-15-3-5-17(6-4-15)22-28(2,26)27/h3-10,22H,11-14H2,1-2H3,(H2,20,21,25). The van der Waals surface area contributed by atoms with E-state index in [0.29, 0.717) is 17.1 Å². The molecular weight excluding hydrogens is 378 g/mol. The molecule has 1 aliphatic heterocycles. The molecule has 8 nitrogen and oxygen atoms in total. The fourth-order valence-corrected chi connectivity index (χ4v) is 3.51. The number of carbonyl (C=O) groups excluding carboxylic acids is 1. The molecule has 0 radical (unpaired) electrons. The Hall–Kier alpha value is -2.78. The molecule has 28 heavy (non-hydrogen) atoms. The minimum atomic E-state index is -3.32. The lowest BCUT2D eigenvalue weighted by atomic mass is 10.2. The second-order valence-corrected chi connectivity index (χ2v) is 8.62. The summed E-state index contributed by atoms with van der Waals surface area (Å²) in [5.41, 5.74) is 2.84. The molecular formula is C19H25N5O3S. The number of nitrogens with zero attached hydrogens (tertiary/aromatic N) is 2. The van der Waals surface area contributed by atoms with Crippen LogP contribution in [0.1, 0.15) is 0 Å². The second kappa shape index (κ2) is 8.49. The van der Waals surface area contributed by atoms with E-state index in [2.05, 4.69) is 32.2 Å². The van der Waals surface area contributed by atoms with Gasteiger partial charge in [0.1, 0.15) is 0 Å². The minimum Gasteiger partial charge on any atom is -0.369 e. The van der Waals surface area contributed by atoms with Crippen molar-refractivity contribution >= 4 is 38.8 Å². The molecule has 1 aliphatic rings. The number of amides is 2. The molecule has 0 unspecified atom stereocenters. The molecule has 0 atom stereocenters. The first-order valence-electron chi connectivity index (χ1n) is 8.98. The van der Waals surface area contributed by atoms with Gasteiger partial charge in [-0.05, 0) is 55.6 Å². The van der Waals surface area contributed by atoms with Crippen LogP contribution in [0.3, 0.4) is 0 Å². The lowest BCUT2D eigenvalue weighted by Gasteiger charge is -2.34. The number of carbonyl (C=O) groups is 1. The van der Waals surface area contributed by atoms with Crippen molar-refractivity contribution in [1.82, 2.24) is 4.90 Å². The van der Waals surface area contributed by atoms with Gasteiger partial charge >= 0.3 is 6.03 Å². The topological polar surface area (TPSA) is 93.8 Å². The van der Waals surface area contributed by atoms with E-state index >= 15 is 0 Å². The first-order chi connectivity index (χ1) is 13.3. The van der Waals surface area contributed by atoms with Gasteiger partial charge in [-0.2, -0.15) is 0 Å². The van der Waals surface area contributed by atoms with Gasteiger partial charge in [-0.25, -0.2) is 13.2 Å². The number of likely N-dealkylation sites (N-methyl/N-ethyl adjacent to an activating group) is 1. The summed E-state index contributed by atoms with van der Waals surface area (Å²) in [6.07, 6.45) is 1.08. The quantitative estimate of drug-likeness (QED) is 0.713. The maximum absolute atomic E-state index is 12.2. The lowest BCUT2D eigenvalue weighted by Crippen LogP contribution is -2.44. The van der Waals surface area contributed by atoms with Crippen molar-refractivity contribution in [3.8, 4) is 0 Å². The van der Waals surface area contributed by atoms with Gasteiger partial charge in [0.15, 0.2) is 0 Å². The Morgan fingerprint density at radius 2 is 1.29 bits per heavy atom. The van der Waals surface area contributed by atoms with Crippen molar-refractivity contribution in [2.24, 2.45) is 0 Å². The van der Waals surface area contributed by atoms with Gasteiger partial charge in [0.05, 0.1) is 6.26 Å². The predicted molar refractivity (Wildman–Crippen MR) is 114 cm³/mol. The van der Waals surface area contributed by atoms with Crippen molar-refractivity contribution in [2.45, 2.75) is 0 Å². The van der Waals surface area contributed by atoms with E-state index in [9.17, 15) is 13.2 Å². The van der Waals surface area contributed by atoms with E-state index in [1.54, 1.807) is 24.3 Å². The number of urea groups is 1. The smallest absolute Gasteiger partial charge is 0.323 e. The van der Waals surface area contributed by atoms with Gasteiger partial charge in [0.25, 0.3) is 0 Å². The fourth-order valence-electron chi connectivity index (χ4n) is 2.95. The Morgan fingerprint density at radius 3 is 1.79 bits per heavy atom. The Bertz CT molecular complexity index is 906. The minimum absolute atomic E-state index is 0.365. The van der Waals surface area contributed by atoms with E-state index in [4.69, 9.17) is 0 Å². The summed E-state index contributed by atoms with van der Waals surface area (Å²) in [6.45, 7) is 4.07. The summed E-state index contributed by atoms with van der Waals surface area (Å²) in [4.78, 5) is 16.8. The molecule has 0 aromatic heterocycles. The molecule has 1 fully saturated rings. The summed E-state index contributed by atoms with van der Waals surface area (Å²) in [5.74, 6) is 0. The lowest BCUT2D eigenvalue weighted by molar-refractivity contribution is 0.262. The molecule has 150 valence electrons. The van der Waals surface area contributed by atoms with Gasteiger partial charge in [0, 0.05) is 48.9 Å². The van der Waals surface area contributed by atoms with Crippen LogP contribution in [0, 0.1) is 0 Å². The first kappa shape index (κ1) is 20.0. The summed E-state index contributed by atoms with van der Waals surface area (Å²) in [5, 5.41) is 5.51. The third-order valence-corrected chi connectivity index (χ3v) is 5.05. The Morgan fingerprint density at radius 1 is 0.821 bits per heavy atom. The fraction of sp³-hybridized carbons (Fsp3) is 0.316. The van der Waals surface area contributed by atoms with Gasteiger partial charge in [-0.15, -0.1) is 0 Å². The molecule has 1 heterocycles. The molecule has 9 heteroatoms. The van der Waals surface area contributed by atoms with E-state index in [1.165, 1.54) is 0 Å². The average molecular weight is 404 g/mol. The van der Waals surface area contributed by atoms with Crippen LogP contribution in [-0.2, 0) is 10.0 Å². The average Bonchev–Trinajstić information content (AvgIpc) is 2.63. The molecule has 2 aromatic rings. The number of hydrogen-bond acceptors (Lipinski definition) is 5. The molecule has 0 bridgehead atoms. The zero-order chi connectivity index (χ0) is 20.1. The molecule has 0 spiro atoms. The summed E-state index contributed by atoms with van der Waals surface area (Å²) < 4.78 is 24.8. The monoisotopic (exact) mass is 403 g/mol. The van der Waals surface area contributed by atoms with E-state index in [-0.39, 0.29) is 6.03 Å². The maximum atomic E-state index is 12.2. The van der Waals surface area contributed by atoms with Crippen molar-refractivity contribution in [3.05, 3.63) is 48.5 Å². The Balaban J connectivity index is 1.53. The molecule has 3 rings (SSSR count). The highest BCUT2D eigenvalue weighted by Gasteiger charge is 2.14. The largest absolute Gasteiger partial charge is 0.369 e. The molecule has 2 amide bonds. The Labute approximate surface area is 165 Å². The van der Waals surface area contributed by atoms with Gasteiger partial charge in [-0.1, -0.05) is 0 Å². The zero-order valence-electron chi connectivity index (χ0n) is 16.0. The summed E-state index contributed by atoms with van der Waals surface area (Å²) >= 11 is 0. The van der Waals surface area contributed by atoms with Crippen molar-refractivity contribution < 1.29 is 13.2 Å². The highest BCUT2D eigenvalue weighted by atomic mass is 32.2. The van der Waals surface area contributed by atoms with E-state index in [0.717, 1.165) is 38.1 Å². The van der Waals surface area contributed by atoms with Crippen LogP contribution in [-0.4, -0.2) is 58.8 Å². The maximum Gasteiger partial charge on any atom is 0.323 e. The van der Waals surface area contributed by atoms with Crippen LogP contribution in [0.4, 0.5) is 27.5 Å². The molecule has 3 N–H and O–H groups in total. The zero-order valence-corrected chi connectivity index (χ0v) is 16.8. The number of rotatable bonds is 5. The van der Waals surface area contributed by atoms with Crippen LogP contribution >= 0.6 is 0 Å². The van der Waals surface area contributed by atoms with E-state index in [1.807, 2.05) is 24.3 Å². The van der Waals surface area contributed by atoms with Crippen molar-refractivity contribution in [1.29, 1.82) is 0 Å². The number of anilines is 4. The molecule has 2 aromatic carbocycles. The van der Waals surface area contributed by atoms with Crippen LogP contribution < -0.4 is 20.3 Å². The van der Waals surface area contributed by atoms with Crippen LogP contribution in [0.15, 0.2) is 48.5 Å². The molecule has 0 saturated carbocycles. The summed E-state index contributed by atoms with van der Waals surface area (Å²) in [7, 11) is -1.20. The third-order valence-electron chi connectivity index (χ3n) is 4.44.